The number of carbonyl (C=O) groups excluding carboxylic acids is 4. The molecule has 0 aromatic heterocycles. The molecule has 0 radical (unpaired) electrons. The molecule has 1 aliphatic heterocycles. The van der Waals surface area contributed by atoms with Gasteiger partial charge in [0.05, 0.1) is 18.2 Å². The van der Waals surface area contributed by atoms with Crippen molar-refractivity contribution in [3.8, 4) is 0 Å². The Morgan fingerprint density at radius 3 is 2.38 bits per heavy atom. The van der Waals surface area contributed by atoms with Crippen molar-refractivity contribution in [2.24, 2.45) is 11.7 Å². The fourth-order valence-corrected chi connectivity index (χ4v) is 6.09. The van der Waals surface area contributed by atoms with E-state index in [1.165, 1.54) is 0 Å². The van der Waals surface area contributed by atoms with Crippen molar-refractivity contribution >= 4 is 23.5 Å². The third-order valence-electron chi connectivity index (χ3n) is 7.48. The van der Waals surface area contributed by atoms with Gasteiger partial charge < -0.3 is 15.2 Å². The predicted octanol–water partition coefficient (Wildman–Crippen LogP) is 3.84. The molecule has 1 aromatic rings. The maximum atomic E-state index is 14.0. The van der Waals surface area contributed by atoms with Crippen molar-refractivity contribution in [3.63, 3.8) is 0 Å². The van der Waals surface area contributed by atoms with Crippen molar-refractivity contribution < 1.29 is 28.7 Å². The summed E-state index contributed by atoms with van der Waals surface area (Å²) in [7, 11) is 0. The van der Waals surface area contributed by atoms with E-state index in [1.54, 1.807) is 63.8 Å². The highest BCUT2D eigenvalue weighted by molar-refractivity contribution is 6.00. The van der Waals surface area contributed by atoms with Crippen molar-refractivity contribution in [1.82, 2.24) is 4.90 Å². The SMILES string of the molecule is CCOC(=O)[C@H](CC(=O)c1ccccc1)N1[C@H](C(=O)OC(C)(C)C)C[C@H]2CCCCC[C@]21C(=O)C(C)N. The van der Waals surface area contributed by atoms with Gasteiger partial charge in [-0.15, -0.1) is 0 Å². The second kappa shape index (κ2) is 11.9. The quantitative estimate of drug-likeness (QED) is 0.390. The van der Waals surface area contributed by atoms with Crippen LogP contribution in [-0.4, -0.2) is 64.3 Å². The van der Waals surface area contributed by atoms with Gasteiger partial charge in [0.1, 0.15) is 17.7 Å². The van der Waals surface area contributed by atoms with Gasteiger partial charge in [0.2, 0.25) is 0 Å². The maximum Gasteiger partial charge on any atom is 0.323 e. The maximum absolute atomic E-state index is 14.0. The molecule has 2 aliphatic rings. The van der Waals surface area contributed by atoms with E-state index in [4.69, 9.17) is 15.2 Å². The highest BCUT2D eigenvalue weighted by Gasteiger charge is 2.63. The molecule has 1 aromatic carbocycles. The molecular formula is C29H42N2O6. The lowest BCUT2D eigenvalue weighted by molar-refractivity contribution is -0.168. The third kappa shape index (κ3) is 6.29. The van der Waals surface area contributed by atoms with Gasteiger partial charge in [-0.2, -0.15) is 0 Å². The Labute approximate surface area is 220 Å². The number of ether oxygens (including phenoxy) is 2. The molecule has 0 amide bonds. The van der Waals surface area contributed by atoms with E-state index in [-0.39, 0.29) is 30.5 Å². The fraction of sp³-hybridized carbons (Fsp3) is 0.655. The van der Waals surface area contributed by atoms with Crippen LogP contribution < -0.4 is 5.73 Å². The Balaban J connectivity index is 2.17. The number of rotatable bonds is 9. The lowest BCUT2D eigenvalue weighted by Crippen LogP contribution is -2.65. The van der Waals surface area contributed by atoms with E-state index in [1.807, 2.05) is 6.07 Å². The Kier molecular flexibility index (Phi) is 9.29. The number of Topliss-reactive ketones (excluding diaryl/α,β-unsaturated/α-hetero) is 2. The standard InChI is InChI=1S/C29H42N2O6/c1-6-36-26(34)23(18-24(32)20-13-9-7-10-14-20)31-22(27(35)37-28(3,4)5)17-21-15-11-8-12-16-29(21,31)25(33)19(2)30/h7,9-10,13-14,19,21-23H,6,8,11-12,15-18,30H2,1-5H3/t19?,21-,22+,23+,29-/m1/s1. The molecule has 2 fully saturated rings. The van der Waals surface area contributed by atoms with Gasteiger partial charge in [-0.3, -0.25) is 24.1 Å². The smallest absolute Gasteiger partial charge is 0.323 e. The Hall–Kier alpha value is -2.58. The summed E-state index contributed by atoms with van der Waals surface area (Å²) in [4.78, 5) is 56.3. The summed E-state index contributed by atoms with van der Waals surface area (Å²) in [5, 5.41) is 0. The number of nitrogens with zero attached hydrogens (tertiary/aromatic N) is 1. The summed E-state index contributed by atoms with van der Waals surface area (Å²) >= 11 is 0. The zero-order chi connectivity index (χ0) is 27.4. The van der Waals surface area contributed by atoms with Crippen LogP contribution in [0, 0.1) is 5.92 Å². The third-order valence-corrected chi connectivity index (χ3v) is 7.48. The Bertz CT molecular complexity index is 986. The molecule has 2 N–H and O–H groups in total. The van der Waals surface area contributed by atoms with Gasteiger partial charge >= 0.3 is 11.9 Å². The number of likely N-dealkylation sites (tertiary alicyclic amines) is 1. The number of benzene rings is 1. The molecule has 1 saturated carbocycles. The number of ketones is 2. The van der Waals surface area contributed by atoms with E-state index >= 15 is 0 Å². The average molecular weight is 515 g/mol. The molecule has 0 spiro atoms. The van der Waals surface area contributed by atoms with Gasteiger partial charge in [0.15, 0.2) is 11.6 Å². The molecule has 37 heavy (non-hydrogen) atoms. The largest absolute Gasteiger partial charge is 0.465 e. The molecule has 5 atom stereocenters. The Morgan fingerprint density at radius 2 is 1.78 bits per heavy atom. The highest BCUT2D eigenvalue weighted by atomic mass is 16.6. The summed E-state index contributed by atoms with van der Waals surface area (Å²) in [5.41, 5.74) is 4.75. The normalized spacial score (nSPS) is 25.9. The number of carbonyl (C=O) groups is 4. The molecule has 8 heteroatoms. The Morgan fingerprint density at radius 1 is 1.11 bits per heavy atom. The van der Waals surface area contributed by atoms with Crippen LogP contribution in [0.25, 0.3) is 0 Å². The van der Waals surface area contributed by atoms with Crippen molar-refractivity contribution in [1.29, 1.82) is 0 Å². The molecule has 204 valence electrons. The van der Waals surface area contributed by atoms with E-state index in [0.29, 0.717) is 18.4 Å². The lowest BCUT2D eigenvalue weighted by atomic mass is 9.74. The number of hydrogen-bond donors (Lipinski definition) is 1. The van der Waals surface area contributed by atoms with E-state index in [0.717, 1.165) is 25.7 Å². The molecule has 1 heterocycles. The van der Waals surface area contributed by atoms with Gasteiger partial charge in [-0.25, -0.2) is 0 Å². The van der Waals surface area contributed by atoms with Crippen molar-refractivity contribution in [2.75, 3.05) is 6.61 Å². The van der Waals surface area contributed by atoms with Gasteiger partial charge in [-0.05, 0) is 59.8 Å². The van der Waals surface area contributed by atoms with Crippen LogP contribution in [0.5, 0.6) is 0 Å². The minimum atomic E-state index is -1.15. The van der Waals surface area contributed by atoms with Crippen LogP contribution in [0.4, 0.5) is 0 Å². The fourth-order valence-electron chi connectivity index (χ4n) is 6.09. The summed E-state index contributed by atoms with van der Waals surface area (Å²) < 4.78 is 11.2. The molecule has 0 bridgehead atoms. The van der Waals surface area contributed by atoms with E-state index < -0.39 is 41.2 Å². The second-order valence-electron chi connectivity index (χ2n) is 11.3. The minimum absolute atomic E-state index is 0.109. The summed E-state index contributed by atoms with van der Waals surface area (Å²) in [6, 6.07) is 5.91. The zero-order valence-electron chi connectivity index (χ0n) is 22.8. The summed E-state index contributed by atoms with van der Waals surface area (Å²) in [6.07, 6.45) is 3.96. The molecule has 3 rings (SSSR count). The molecular weight excluding hydrogens is 472 g/mol. The molecule has 1 saturated heterocycles. The number of fused-ring (bicyclic) bond motifs is 1. The van der Waals surface area contributed by atoms with Crippen LogP contribution in [-0.2, 0) is 23.9 Å². The number of nitrogens with two attached hydrogens (primary N) is 1. The first-order valence-electron chi connectivity index (χ1n) is 13.5. The van der Waals surface area contributed by atoms with Crippen LogP contribution in [0.2, 0.25) is 0 Å². The first-order chi connectivity index (χ1) is 17.4. The van der Waals surface area contributed by atoms with Gasteiger partial charge in [0.25, 0.3) is 0 Å². The number of esters is 2. The van der Waals surface area contributed by atoms with E-state index in [9.17, 15) is 19.2 Å². The van der Waals surface area contributed by atoms with Gasteiger partial charge in [-0.1, -0.05) is 49.6 Å². The summed E-state index contributed by atoms with van der Waals surface area (Å²) in [5.74, 6) is -1.77. The molecule has 1 unspecified atom stereocenters. The topological polar surface area (TPSA) is 116 Å². The minimum Gasteiger partial charge on any atom is -0.465 e. The van der Waals surface area contributed by atoms with E-state index in [2.05, 4.69) is 0 Å². The number of hydrogen-bond acceptors (Lipinski definition) is 8. The lowest BCUT2D eigenvalue weighted by Gasteiger charge is -2.46. The van der Waals surface area contributed by atoms with Crippen LogP contribution in [0.3, 0.4) is 0 Å². The zero-order valence-corrected chi connectivity index (χ0v) is 22.8. The first-order valence-corrected chi connectivity index (χ1v) is 13.5. The molecule has 1 aliphatic carbocycles. The van der Waals surface area contributed by atoms with Crippen molar-refractivity contribution in [3.05, 3.63) is 35.9 Å². The van der Waals surface area contributed by atoms with Crippen molar-refractivity contribution in [2.45, 2.75) is 109 Å². The monoisotopic (exact) mass is 514 g/mol. The average Bonchev–Trinajstić information content (AvgIpc) is 3.01. The van der Waals surface area contributed by atoms with Gasteiger partial charge in [0, 0.05) is 12.0 Å². The van der Waals surface area contributed by atoms with Crippen LogP contribution >= 0.6 is 0 Å². The summed E-state index contributed by atoms with van der Waals surface area (Å²) in [6.45, 7) is 8.80. The first kappa shape index (κ1) is 29.0. The van der Waals surface area contributed by atoms with Crippen LogP contribution in [0.15, 0.2) is 30.3 Å². The van der Waals surface area contributed by atoms with Crippen LogP contribution in [0.1, 0.15) is 89.9 Å². The predicted molar refractivity (Wildman–Crippen MR) is 140 cm³/mol. The highest BCUT2D eigenvalue weighted by Crippen LogP contribution is 2.50. The molecule has 8 nitrogen and oxygen atoms in total. The second-order valence-corrected chi connectivity index (χ2v) is 11.3.